The van der Waals surface area contributed by atoms with Crippen molar-refractivity contribution in [3.8, 4) is 5.75 Å². The van der Waals surface area contributed by atoms with E-state index in [0.717, 1.165) is 11.3 Å². The highest BCUT2D eigenvalue weighted by Crippen LogP contribution is 2.12. The van der Waals surface area contributed by atoms with Crippen molar-refractivity contribution >= 4 is 18.3 Å². The molecule has 2 rings (SSSR count). The van der Waals surface area contributed by atoms with Crippen molar-refractivity contribution in [2.45, 2.75) is 13.1 Å². The van der Waals surface area contributed by atoms with Gasteiger partial charge >= 0.3 is 0 Å². The Labute approximate surface area is 141 Å². The first-order valence-electron chi connectivity index (χ1n) is 6.99. The Morgan fingerprint density at radius 3 is 2.61 bits per heavy atom. The monoisotopic (exact) mass is 340 g/mol. The van der Waals surface area contributed by atoms with Crippen LogP contribution < -0.4 is 15.8 Å². The molecule has 0 aliphatic carbocycles. The highest BCUT2D eigenvalue weighted by molar-refractivity contribution is 5.93. The number of furan rings is 1. The number of rotatable bonds is 8. The van der Waals surface area contributed by atoms with Crippen molar-refractivity contribution in [1.82, 2.24) is 5.32 Å². The van der Waals surface area contributed by atoms with Crippen molar-refractivity contribution in [3.63, 3.8) is 0 Å². The SMILES string of the molecule is COCCOc1ccc(CNC(=O)c2coc(CN)c2)cc1.Cl. The van der Waals surface area contributed by atoms with Gasteiger partial charge in [-0.3, -0.25) is 4.79 Å². The minimum Gasteiger partial charge on any atom is -0.491 e. The molecule has 0 spiro atoms. The van der Waals surface area contributed by atoms with Crippen molar-refractivity contribution < 1.29 is 18.7 Å². The summed E-state index contributed by atoms with van der Waals surface area (Å²) < 4.78 is 15.5. The number of amides is 1. The van der Waals surface area contributed by atoms with Crippen LogP contribution >= 0.6 is 12.4 Å². The summed E-state index contributed by atoms with van der Waals surface area (Å²) >= 11 is 0. The molecule has 1 aromatic carbocycles. The van der Waals surface area contributed by atoms with E-state index in [4.69, 9.17) is 19.6 Å². The van der Waals surface area contributed by atoms with Crippen LogP contribution in [0.3, 0.4) is 0 Å². The number of hydrogen-bond donors (Lipinski definition) is 2. The molecule has 1 amide bonds. The third kappa shape index (κ3) is 5.94. The summed E-state index contributed by atoms with van der Waals surface area (Å²) in [6, 6.07) is 9.18. The van der Waals surface area contributed by atoms with Crippen LogP contribution in [0.25, 0.3) is 0 Å². The van der Waals surface area contributed by atoms with E-state index in [9.17, 15) is 4.79 Å². The smallest absolute Gasteiger partial charge is 0.254 e. The maximum atomic E-state index is 11.9. The molecule has 126 valence electrons. The Bertz CT molecular complexity index is 598. The van der Waals surface area contributed by atoms with E-state index in [0.29, 0.717) is 31.1 Å². The molecule has 0 saturated carbocycles. The van der Waals surface area contributed by atoms with Gasteiger partial charge in [0.2, 0.25) is 0 Å². The fraction of sp³-hybridized carbons (Fsp3) is 0.312. The van der Waals surface area contributed by atoms with Crippen LogP contribution in [0.5, 0.6) is 5.75 Å². The fourth-order valence-electron chi connectivity index (χ4n) is 1.84. The summed E-state index contributed by atoms with van der Waals surface area (Å²) in [5.74, 6) is 1.17. The molecule has 0 fully saturated rings. The lowest BCUT2D eigenvalue weighted by atomic mass is 10.2. The summed E-state index contributed by atoms with van der Waals surface area (Å²) in [6.07, 6.45) is 1.41. The number of carbonyl (C=O) groups excluding carboxylic acids is 1. The van der Waals surface area contributed by atoms with Gasteiger partial charge in [0.15, 0.2) is 0 Å². The van der Waals surface area contributed by atoms with Gasteiger partial charge in [0.05, 0.1) is 18.7 Å². The normalized spacial score (nSPS) is 10.0. The topological polar surface area (TPSA) is 86.7 Å². The first-order valence-corrected chi connectivity index (χ1v) is 6.99. The van der Waals surface area contributed by atoms with E-state index in [-0.39, 0.29) is 24.9 Å². The quantitative estimate of drug-likeness (QED) is 0.719. The van der Waals surface area contributed by atoms with E-state index < -0.39 is 0 Å². The van der Waals surface area contributed by atoms with Crippen LogP contribution in [0.15, 0.2) is 41.0 Å². The third-order valence-corrected chi connectivity index (χ3v) is 3.05. The zero-order chi connectivity index (χ0) is 15.8. The van der Waals surface area contributed by atoms with Crippen molar-refractivity contribution in [2.24, 2.45) is 5.73 Å². The second-order valence-electron chi connectivity index (χ2n) is 4.67. The first-order chi connectivity index (χ1) is 10.7. The molecule has 1 aromatic heterocycles. The fourth-order valence-corrected chi connectivity index (χ4v) is 1.84. The van der Waals surface area contributed by atoms with Crippen LogP contribution in [-0.4, -0.2) is 26.2 Å². The number of halogens is 1. The Morgan fingerprint density at radius 1 is 1.26 bits per heavy atom. The molecule has 0 unspecified atom stereocenters. The summed E-state index contributed by atoms with van der Waals surface area (Å²) in [6.45, 7) is 1.77. The highest BCUT2D eigenvalue weighted by atomic mass is 35.5. The summed E-state index contributed by atoms with van der Waals surface area (Å²) in [5, 5.41) is 2.82. The van der Waals surface area contributed by atoms with Crippen LogP contribution in [0.4, 0.5) is 0 Å². The van der Waals surface area contributed by atoms with E-state index in [1.54, 1.807) is 13.2 Å². The van der Waals surface area contributed by atoms with Gasteiger partial charge in [-0.2, -0.15) is 0 Å². The predicted molar refractivity (Wildman–Crippen MR) is 88.8 cm³/mol. The third-order valence-electron chi connectivity index (χ3n) is 3.05. The Kier molecular flexibility index (Phi) is 8.18. The Morgan fingerprint density at radius 2 is 2.00 bits per heavy atom. The lowest BCUT2D eigenvalue weighted by molar-refractivity contribution is 0.0950. The number of nitrogens with two attached hydrogens (primary N) is 1. The standard InChI is InChI=1S/C16H20N2O4.ClH/c1-20-6-7-21-14-4-2-12(3-5-14)10-18-16(19)13-8-15(9-17)22-11-13;/h2-5,8,11H,6-7,9-10,17H2,1H3,(H,18,19);1H. The molecule has 1 heterocycles. The average Bonchev–Trinajstić information content (AvgIpc) is 3.03. The molecule has 2 aromatic rings. The lowest BCUT2D eigenvalue weighted by Gasteiger charge is -2.07. The van der Waals surface area contributed by atoms with Gasteiger partial charge in [-0.15, -0.1) is 12.4 Å². The van der Waals surface area contributed by atoms with Gasteiger partial charge in [0, 0.05) is 13.7 Å². The molecule has 23 heavy (non-hydrogen) atoms. The van der Waals surface area contributed by atoms with Crippen molar-refractivity contribution in [3.05, 3.63) is 53.5 Å². The lowest BCUT2D eigenvalue weighted by Crippen LogP contribution is -2.22. The van der Waals surface area contributed by atoms with Crippen LogP contribution in [0.2, 0.25) is 0 Å². The van der Waals surface area contributed by atoms with Crippen LogP contribution in [-0.2, 0) is 17.8 Å². The maximum Gasteiger partial charge on any atom is 0.254 e. The van der Waals surface area contributed by atoms with Gasteiger partial charge in [-0.1, -0.05) is 12.1 Å². The number of methoxy groups -OCH3 is 1. The molecule has 6 nitrogen and oxygen atoms in total. The maximum absolute atomic E-state index is 11.9. The van der Waals surface area contributed by atoms with E-state index in [1.807, 2.05) is 24.3 Å². The molecule has 0 aliphatic heterocycles. The van der Waals surface area contributed by atoms with Crippen LogP contribution in [0, 0.1) is 0 Å². The minimum atomic E-state index is -0.191. The molecular weight excluding hydrogens is 320 g/mol. The predicted octanol–water partition coefficient (Wildman–Crippen LogP) is 2.12. The van der Waals surface area contributed by atoms with Gasteiger partial charge in [-0.25, -0.2) is 0 Å². The second kappa shape index (κ2) is 9.89. The van der Waals surface area contributed by atoms with Gasteiger partial charge in [0.1, 0.15) is 24.4 Å². The number of carbonyl (C=O) groups is 1. The molecule has 3 N–H and O–H groups in total. The number of nitrogens with one attached hydrogen (secondary N) is 1. The summed E-state index contributed by atoms with van der Waals surface area (Å²) in [5.41, 5.74) is 6.89. The molecule has 0 saturated heterocycles. The number of hydrogen-bond acceptors (Lipinski definition) is 5. The van der Waals surface area contributed by atoms with Gasteiger partial charge < -0.3 is 24.9 Å². The zero-order valence-corrected chi connectivity index (χ0v) is 13.7. The molecular formula is C16H21ClN2O4. The average molecular weight is 341 g/mol. The zero-order valence-electron chi connectivity index (χ0n) is 12.9. The van der Waals surface area contributed by atoms with E-state index >= 15 is 0 Å². The van der Waals surface area contributed by atoms with Gasteiger partial charge in [0.25, 0.3) is 5.91 Å². The minimum absolute atomic E-state index is 0. The Hall–Kier alpha value is -2.02. The van der Waals surface area contributed by atoms with E-state index in [2.05, 4.69) is 5.32 Å². The molecule has 0 atom stereocenters. The van der Waals surface area contributed by atoms with E-state index in [1.165, 1.54) is 6.26 Å². The molecule has 7 heteroatoms. The van der Waals surface area contributed by atoms with Crippen LogP contribution in [0.1, 0.15) is 21.7 Å². The number of ether oxygens (including phenoxy) is 2. The molecule has 0 bridgehead atoms. The summed E-state index contributed by atoms with van der Waals surface area (Å²) in [4.78, 5) is 11.9. The number of benzene rings is 1. The highest BCUT2D eigenvalue weighted by Gasteiger charge is 2.09. The first kappa shape index (κ1) is 19.0. The molecule has 0 aliphatic rings. The largest absolute Gasteiger partial charge is 0.491 e. The second-order valence-corrected chi connectivity index (χ2v) is 4.67. The van der Waals surface area contributed by atoms with Gasteiger partial charge in [-0.05, 0) is 23.8 Å². The Balaban J connectivity index is 0.00000264. The summed E-state index contributed by atoms with van der Waals surface area (Å²) in [7, 11) is 1.63. The van der Waals surface area contributed by atoms with Crippen molar-refractivity contribution in [1.29, 1.82) is 0 Å². The molecule has 0 radical (unpaired) electrons. The van der Waals surface area contributed by atoms with Crippen molar-refractivity contribution in [2.75, 3.05) is 20.3 Å².